The number of hydrogen-bond acceptors (Lipinski definition) is 4. The minimum Gasteiger partial charge on any atom is -0.325 e. The van der Waals surface area contributed by atoms with E-state index in [2.05, 4.69) is 16.4 Å². The van der Waals surface area contributed by atoms with Gasteiger partial charge in [0.05, 0.1) is 27.4 Å². The number of carbonyl (C=O) groups excluding carboxylic acids is 1. The Hall–Kier alpha value is -3.30. The number of amides is 1. The van der Waals surface area contributed by atoms with Crippen LogP contribution in [0.25, 0.3) is 16.7 Å². The van der Waals surface area contributed by atoms with Crippen LogP contribution in [0.3, 0.4) is 0 Å². The lowest BCUT2D eigenvalue weighted by atomic mass is 10.2. The van der Waals surface area contributed by atoms with Gasteiger partial charge in [-0.05, 0) is 49.7 Å². The van der Waals surface area contributed by atoms with Crippen molar-refractivity contribution in [3.05, 3.63) is 71.3 Å². The Bertz CT molecular complexity index is 1240. The molecule has 0 fully saturated rings. The van der Waals surface area contributed by atoms with Crippen molar-refractivity contribution in [2.24, 2.45) is 0 Å². The van der Waals surface area contributed by atoms with Gasteiger partial charge in [-0.25, -0.2) is 4.98 Å². The molecule has 4 rings (SSSR count). The average molecular weight is 386 g/mol. The molecule has 28 heavy (non-hydrogen) atoms. The number of thioether (sulfide) groups is 1. The van der Waals surface area contributed by atoms with Crippen LogP contribution in [0, 0.1) is 25.2 Å². The minimum absolute atomic E-state index is 0.0755. The van der Waals surface area contributed by atoms with Crippen molar-refractivity contribution in [2.75, 3.05) is 11.1 Å². The predicted octanol–water partition coefficient (Wildman–Crippen LogP) is 4.71. The molecule has 2 aromatic heterocycles. The lowest BCUT2D eigenvalue weighted by Gasteiger charge is -2.10. The zero-order valence-electron chi connectivity index (χ0n) is 15.6. The fourth-order valence-electron chi connectivity index (χ4n) is 3.13. The van der Waals surface area contributed by atoms with E-state index in [1.54, 1.807) is 0 Å². The molecule has 4 aromatic rings. The van der Waals surface area contributed by atoms with Crippen molar-refractivity contribution in [1.82, 2.24) is 9.38 Å². The number of benzene rings is 2. The maximum Gasteiger partial charge on any atom is 0.234 e. The monoisotopic (exact) mass is 386 g/mol. The van der Waals surface area contributed by atoms with Gasteiger partial charge >= 0.3 is 0 Å². The van der Waals surface area contributed by atoms with Crippen molar-refractivity contribution in [3.8, 4) is 6.07 Å². The van der Waals surface area contributed by atoms with E-state index in [0.717, 1.165) is 32.9 Å². The van der Waals surface area contributed by atoms with E-state index in [-0.39, 0.29) is 11.7 Å². The highest BCUT2D eigenvalue weighted by Crippen LogP contribution is 2.29. The first-order valence-corrected chi connectivity index (χ1v) is 9.85. The second-order valence-electron chi connectivity index (χ2n) is 6.61. The summed E-state index contributed by atoms with van der Waals surface area (Å²) in [6.45, 7) is 3.91. The van der Waals surface area contributed by atoms with Crippen molar-refractivity contribution in [2.45, 2.75) is 18.9 Å². The molecule has 0 saturated heterocycles. The number of imidazole rings is 1. The minimum atomic E-state index is -0.0755. The van der Waals surface area contributed by atoms with Gasteiger partial charge in [0.1, 0.15) is 6.07 Å². The Kier molecular flexibility index (Phi) is 4.76. The maximum atomic E-state index is 12.4. The van der Waals surface area contributed by atoms with E-state index in [4.69, 9.17) is 0 Å². The van der Waals surface area contributed by atoms with Crippen LogP contribution in [0.2, 0.25) is 0 Å². The van der Waals surface area contributed by atoms with Crippen LogP contribution in [-0.4, -0.2) is 21.0 Å². The van der Waals surface area contributed by atoms with Gasteiger partial charge in [0, 0.05) is 5.69 Å². The molecule has 0 bridgehead atoms. The Morgan fingerprint density at radius 3 is 2.68 bits per heavy atom. The predicted molar refractivity (Wildman–Crippen MR) is 113 cm³/mol. The summed E-state index contributed by atoms with van der Waals surface area (Å²) in [5.74, 6) is 0.189. The van der Waals surface area contributed by atoms with Crippen LogP contribution in [0.1, 0.15) is 16.7 Å². The van der Waals surface area contributed by atoms with E-state index in [9.17, 15) is 10.1 Å². The normalized spacial score (nSPS) is 10.9. The standard InChI is InChI=1S/C22H18N4OS/c1-14-7-9-16(10-8-14)24-20(27)13-28-21-11-15(2)17(12-23)22-25-18-5-3-4-6-19(18)26(21)22/h3-11H,13H2,1-2H3,(H,24,27). The second kappa shape index (κ2) is 7.37. The molecule has 0 unspecified atom stereocenters. The zero-order chi connectivity index (χ0) is 19.7. The number of fused-ring (bicyclic) bond motifs is 3. The highest BCUT2D eigenvalue weighted by Gasteiger charge is 2.16. The maximum absolute atomic E-state index is 12.4. The molecule has 0 aliphatic heterocycles. The summed E-state index contributed by atoms with van der Waals surface area (Å²) >= 11 is 1.43. The molecule has 0 spiro atoms. The summed E-state index contributed by atoms with van der Waals surface area (Å²) in [6, 6.07) is 19.7. The van der Waals surface area contributed by atoms with Gasteiger partial charge in [0.2, 0.25) is 5.91 Å². The number of nitriles is 1. The van der Waals surface area contributed by atoms with Crippen LogP contribution >= 0.6 is 11.8 Å². The summed E-state index contributed by atoms with van der Waals surface area (Å²) in [5.41, 5.74) is 5.73. The Labute approximate surface area is 167 Å². The van der Waals surface area contributed by atoms with Gasteiger partial charge in [-0.1, -0.05) is 41.6 Å². The van der Waals surface area contributed by atoms with Crippen molar-refractivity contribution < 1.29 is 4.79 Å². The molecule has 6 heteroatoms. The van der Waals surface area contributed by atoms with E-state index >= 15 is 0 Å². The molecule has 138 valence electrons. The quantitative estimate of drug-likeness (QED) is 0.516. The summed E-state index contributed by atoms with van der Waals surface area (Å²) in [6.07, 6.45) is 0. The third-order valence-electron chi connectivity index (χ3n) is 4.54. The lowest BCUT2D eigenvalue weighted by molar-refractivity contribution is -0.113. The number of aryl methyl sites for hydroxylation is 2. The van der Waals surface area contributed by atoms with Gasteiger partial charge in [-0.3, -0.25) is 9.20 Å². The van der Waals surface area contributed by atoms with Crippen LogP contribution < -0.4 is 5.32 Å². The first-order valence-electron chi connectivity index (χ1n) is 8.87. The first kappa shape index (κ1) is 18.1. The number of rotatable bonds is 4. The van der Waals surface area contributed by atoms with E-state index < -0.39 is 0 Å². The third kappa shape index (κ3) is 3.32. The molecule has 0 atom stereocenters. The highest BCUT2D eigenvalue weighted by atomic mass is 32.2. The van der Waals surface area contributed by atoms with Crippen LogP contribution in [0.4, 0.5) is 5.69 Å². The van der Waals surface area contributed by atoms with E-state index in [1.807, 2.05) is 72.8 Å². The molecule has 0 aliphatic carbocycles. The van der Waals surface area contributed by atoms with Crippen LogP contribution in [0.5, 0.6) is 0 Å². The van der Waals surface area contributed by atoms with Crippen molar-refractivity contribution >= 4 is 40.0 Å². The number of aromatic nitrogens is 2. The molecule has 2 heterocycles. The largest absolute Gasteiger partial charge is 0.325 e. The first-order chi connectivity index (χ1) is 13.6. The molecule has 1 amide bonds. The molecule has 0 radical (unpaired) electrons. The van der Waals surface area contributed by atoms with Gasteiger partial charge < -0.3 is 5.32 Å². The number of hydrogen-bond donors (Lipinski definition) is 1. The number of para-hydroxylation sites is 2. The summed E-state index contributed by atoms with van der Waals surface area (Å²) in [4.78, 5) is 17.0. The molecular formula is C22H18N4OS. The molecule has 5 nitrogen and oxygen atoms in total. The number of carbonyl (C=O) groups is 1. The van der Waals surface area contributed by atoms with Crippen LogP contribution in [0.15, 0.2) is 59.6 Å². The van der Waals surface area contributed by atoms with Crippen molar-refractivity contribution in [1.29, 1.82) is 5.26 Å². The highest BCUT2D eigenvalue weighted by molar-refractivity contribution is 7.99. The summed E-state index contributed by atoms with van der Waals surface area (Å²) in [7, 11) is 0. The Balaban J connectivity index is 1.66. The van der Waals surface area contributed by atoms with Gasteiger partial charge in [-0.2, -0.15) is 5.26 Å². The smallest absolute Gasteiger partial charge is 0.234 e. The average Bonchev–Trinajstić information content (AvgIpc) is 3.07. The second-order valence-corrected chi connectivity index (χ2v) is 7.61. The van der Waals surface area contributed by atoms with E-state index in [0.29, 0.717) is 11.2 Å². The van der Waals surface area contributed by atoms with Crippen molar-refractivity contribution in [3.63, 3.8) is 0 Å². The third-order valence-corrected chi connectivity index (χ3v) is 5.54. The summed E-state index contributed by atoms with van der Waals surface area (Å²) < 4.78 is 1.96. The topological polar surface area (TPSA) is 70.2 Å². The zero-order valence-corrected chi connectivity index (χ0v) is 16.4. The number of nitrogens with zero attached hydrogens (tertiary/aromatic N) is 3. The fourth-order valence-corrected chi connectivity index (χ4v) is 4.06. The summed E-state index contributed by atoms with van der Waals surface area (Å²) in [5, 5.41) is 13.4. The SMILES string of the molecule is Cc1ccc(NC(=O)CSc2cc(C)c(C#N)c3nc4ccccc4n23)cc1. The van der Waals surface area contributed by atoms with Gasteiger partial charge in [0.25, 0.3) is 0 Å². The molecule has 0 saturated carbocycles. The number of nitrogens with one attached hydrogen (secondary N) is 1. The lowest BCUT2D eigenvalue weighted by Crippen LogP contribution is -2.14. The molecule has 2 aromatic carbocycles. The number of anilines is 1. The Morgan fingerprint density at radius 2 is 1.93 bits per heavy atom. The molecule has 1 N–H and O–H groups in total. The number of pyridine rings is 1. The van der Waals surface area contributed by atoms with Crippen LogP contribution in [-0.2, 0) is 4.79 Å². The van der Waals surface area contributed by atoms with Gasteiger partial charge in [-0.15, -0.1) is 0 Å². The van der Waals surface area contributed by atoms with Gasteiger partial charge in [0.15, 0.2) is 5.65 Å². The van der Waals surface area contributed by atoms with E-state index in [1.165, 1.54) is 11.8 Å². The molecule has 0 aliphatic rings. The molecular weight excluding hydrogens is 368 g/mol. The Morgan fingerprint density at radius 1 is 1.18 bits per heavy atom. The fraction of sp³-hybridized carbons (Fsp3) is 0.136.